The van der Waals surface area contributed by atoms with Crippen molar-refractivity contribution in [2.24, 2.45) is 10.8 Å². The first-order valence-corrected chi connectivity index (χ1v) is 8.05. The molecule has 1 unspecified atom stereocenters. The molecular weight excluding hydrogens is 266 g/mol. The summed E-state index contributed by atoms with van der Waals surface area (Å²) in [5.41, 5.74) is 0.381. The fourth-order valence-electron chi connectivity index (χ4n) is 3.76. The molecule has 120 valence electrons. The number of rotatable bonds is 2. The maximum atomic E-state index is 12.1. The Bertz CT molecular complexity index is 403. The van der Waals surface area contributed by atoms with Crippen LogP contribution < -0.4 is 0 Å². The van der Waals surface area contributed by atoms with Crippen molar-refractivity contribution in [2.75, 3.05) is 19.7 Å². The fraction of sp³-hybridized carbons (Fsp3) is 0.824. The molecule has 2 fully saturated rings. The highest BCUT2D eigenvalue weighted by atomic mass is 16.6. The Balaban J connectivity index is 1.96. The van der Waals surface area contributed by atoms with E-state index in [1.165, 1.54) is 0 Å². The molecule has 0 aromatic heterocycles. The van der Waals surface area contributed by atoms with Gasteiger partial charge in [-0.15, -0.1) is 0 Å². The molecule has 0 aromatic carbocycles. The molecule has 2 aliphatic heterocycles. The maximum Gasteiger partial charge on any atom is 0.414 e. The molecule has 0 saturated carbocycles. The van der Waals surface area contributed by atoms with E-state index in [0.717, 1.165) is 39.0 Å². The predicted octanol–water partition coefficient (Wildman–Crippen LogP) is 3.96. The van der Waals surface area contributed by atoms with Crippen molar-refractivity contribution >= 4 is 6.09 Å². The zero-order valence-electron chi connectivity index (χ0n) is 13.9. The monoisotopic (exact) mass is 295 g/mol. The van der Waals surface area contributed by atoms with Crippen LogP contribution in [0.4, 0.5) is 4.79 Å². The number of carbonyl (C=O) groups excluding carboxylic acids is 1. The Labute approximate surface area is 128 Å². The molecule has 2 heterocycles. The number of piperidine rings is 1. The SMILES string of the molecule is C=C(CC)OC(=O)N1CCC2(CCOC2C(C)(C)C)CC1. The molecule has 4 nitrogen and oxygen atoms in total. The molecule has 2 saturated heterocycles. The van der Waals surface area contributed by atoms with Crippen LogP contribution in [0.1, 0.15) is 53.4 Å². The molecule has 21 heavy (non-hydrogen) atoms. The van der Waals surface area contributed by atoms with Gasteiger partial charge in [0.05, 0.1) is 6.10 Å². The number of hydrogen-bond acceptors (Lipinski definition) is 3. The van der Waals surface area contributed by atoms with Crippen molar-refractivity contribution in [3.05, 3.63) is 12.3 Å². The van der Waals surface area contributed by atoms with Gasteiger partial charge in [-0.2, -0.15) is 0 Å². The highest BCUT2D eigenvalue weighted by Crippen LogP contribution is 2.50. The summed E-state index contributed by atoms with van der Waals surface area (Å²) in [6, 6.07) is 0. The smallest absolute Gasteiger partial charge is 0.414 e. The lowest BCUT2D eigenvalue weighted by Gasteiger charge is -2.46. The summed E-state index contributed by atoms with van der Waals surface area (Å²) in [5, 5.41) is 0. The molecule has 0 bridgehead atoms. The Morgan fingerprint density at radius 3 is 2.48 bits per heavy atom. The second-order valence-electron chi connectivity index (χ2n) is 7.48. The molecule has 2 aliphatic rings. The number of hydrogen-bond donors (Lipinski definition) is 0. The molecule has 1 atom stereocenters. The third-order valence-corrected chi connectivity index (χ3v) is 4.87. The topological polar surface area (TPSA) is 38.8 Å². The molecule has 1 amide bonds. The molecule has 0 N–H and O–H groups in total. The van der Waals surface area contributed by atoms with E-state index in [2.05, 4.69) is 27.4 Å². The van der Waals surface area contributed by atoms with Crippen LogP contribution in [0.15, 0.2) is 12.3 Å². The van der Waals surface area contributed by atoms with E-state index in [1.54, 1.807) is 0 Å². The zero-order chi connectivity index (χ0) is 15.7. The number of nitrogens with zero attached hydrogens (tertiary/aromatic N) is 1. The quantitative estimate of drug-likeness (QED) is 0.724. The number of carbonyl (C=O) groups is 1. The molecule has 1 spiro atoms. The second kappa shape index (κ2) is 5.99. The van der Waals surface area contributed by atoms with Crippen LogP contribution in [0.3, 0.4) is 0 Å². The van der Waals surface area contributed by atoms with Crippen molar-refractivity contribution in [3.63, 3.8) is 0 Å². The minimum Gasteiger partial charge on any atom is -0.415 e. The highest BCUT2D eigenvalue weighted by molar-refractivity contribution is 5.68. The van der Waals surface area contributed by atoms with Gasteiger partial charge >= 0.3 is 6.09 Å². The number of ether oxygens (including phenoxy) is 2. The molecule has 0 aromatic rings. The van der Waals surface area contributed by atoms with E-state index in [-0.39, 0.29) is 23.0 Å². The molecule has 2 rings (SSSR count). The van der Waals surface area contributed by atoms with Gasteiger partial charge in [0.15, 0.2) is 0 Å². The summed E-state index contributed by atoms with van der Waals surface area (Å²) in [5.74, 6) is 0.539. The highest BCUT2D eigenvalue weighted by Gasteiger charge is 2.50. The van der Waals surface area contributed by atoms with Crippen LogP contribution in [0, 0.1) is 10.8 Å². The lowest BCUT2D eigenvalue weighted by Crippen LogP contribution is -2.49. The van der Waals surface area contributed by atoms with Crippen LogP contribution in [-0.4, -0.2) is 36.8 Å². The van der Waals surface area contributed by atoms with Gasteiger partial charge in [-0.1, -0.05) is 34.3 Å². The van der Waals surface area contributed by atoms with Gasteiger partial charge in [0.2, 0.25) is 0 Å². The third kappa shape index (κ3) is 3.42. The lowest BCUT2D eigenvalue weighted by molar-refractivity contribution is -0.0527. The van der Waals surface area contributed by atoms with E-state index < -0.39 is 0 Å². The largest absolute Gasteiger partial charge is 0.415 e. The van der Waals surface area contributed by atoms with Crippen molar-refractivity contribution in [3.8, 4) is 0 Å². The summed E-state index contributed by atoms with van der Waals surface area (Å²) < 4.78 is 11.3. The fourth-order valence-corrected chi connectivity index (χ4v) is 3.76. The van der Waals surface area contributed by atoms with Gasteiger partial charge in [-0.25, -0.2) is 4.79 Å². The Morgan fingerprint density at radius 1 is 1.33 bits per heavy atom. The van der Waals surface area contributed by atoms with E-state index in [4.69, 9.17) is 9.47 Å². The Hall–Kier alpha value is -1.03. The van der Waals surface area contributed by atoms with Crippen LogP contribution in [-0.2, 0) is 9.47 Å². The van der Waals surface area contributed by atoms with Crippen molar-refractivity contribution in [2.45, 2.75) is 59.5 Å². The zero-order valence-corrected chi connectivity index (χ0v) is 13.9. The van der Waals surface area contributed by atoms with Gasteiger partial charge in [-0.3, -0.25) is 0 Å². The van der Waals surface area contributed by atoms with Crippen LogP contribution in [0.2, 0.25) is 0 Å². The van der Waals surface area contributed by atoms with Gasteiger partial charge in [0.1, 0.15) is 5.76 Å². The van der Waals surface area contributed by atoms with Crippen LogP contribution >= 0.6 is 0 Å². The van der Waals surface area contributed by atoms with Crippen molar-refractivity contribution in [1.29, 1.82) is 0 Å². The second-order valence-corrected chi connectivity index (χ2v) is 7.48. The summed E-state index contributed by atoms with van der Waals surface area (Å²) in [7, 11) is 0. The van der Waals surface area contributed by atoms with Crippen LogP contribution in [0.5, 0.6) is 0 Å². The average Bonchev–Trinajstić information content (AvgIpc) is 2.82. The van der Waals surface area contributed by atoms with Crippen molar-refractivity contribution < 1.29 is 14.3 Å². The summed E-state index contributed by atoms with van der Waals surface area (Å²) in [4.78, 5) is 13.9. The molecule has 4 heteroatoms. The van der Waals surface area contributed by atoms with Crippen molar-refractivity contribution in [1.82, 2.24) is 4.90 Å². The number of likely N-dealkylation sites (tertiary alicyclic amines) is 1. The van der Waals surface area contributed by atoms with Gasteiger partial charge in [-0.05, 0) is 24.7 Å². The minimum atomic E-state index is -0.247. The maximum absolute atomic E-state index is 12.1. The predicted molar refractivity (Wildman–Crippen MR) is 83.0 cm³/mol. The van der Waals surface area contributed by atoms with Gasteiger partial charge in [0, 0.05) is 31.5 Å². The Morgan fingerprint density at radius 2 is 1.95 bits per heavy atom. The first kappa shape index (κ1) is 16.3. The molecule has 0 aliphatic carbocycles. The van der Waals surface area contributed by atoms with E-state index in [1.807, 2.05) is 11.8 Å². The van der Waals surface area contributed by atoms with Gasteiger partial charge < -0.3 is 14.4 Å². The summed E-state index contributed by atoms with van der Waals surface area (Å²) in [6.45, 7) is 14.8. The summed E-state index contributed by atoms with van der Waals surface area (Å²) >= 11 is 0. The number of allylic oxidation sites excluding steroid dienone is 1. The first-order valence-electron chi connectivity index (χ1n) is 8.05. The van der Waals surface area contributed by atoms with E-state index in [9.17, 15) is 4.79 Å². The number of amides is 1. The minimum absolute atomic E-state index is 0.148. The normalized spacial score (nSPS) is 25.1. The van der Waals surface area contributed by atoms with E-state index >= 15 is 0 Å². The molecule has 0 radical (unpaired) electrons. The van der Waals surface area contributed by atoms with E-state index in [0.29, 0.717) is 12.2 Å². The standard InChI is InChI=1S/C17H29NO3/c1-6-13(2)21-15(19)18-10-7-17(8-11-18)9-12-20-14(17)16(3,4)5/h14H,2,6-12H2,1,3-5H3. The third-order valence-electron chi connectivity index (χ3n) is 4.87. The first-order chi connectivity index (χ1) is 9.78. The average molecular weight is 295 g/mol. The lowest BCUT2D eigenvalue weighted by atomic mass is 9.65. The Kier molecular flexibility index (Phi) is 4.66. The molecular formula is C17H29NO3. The van der Waals surface area contributed by atoms with Gasteiger partial charge in [0.25, 0.3) is 0 Å². The summed E-state index contributed by atoms with van der Waals surface area (Å²) in [6.07, 6.45) is 3.82. The van der Waals surface area contributed by atoms with Crippen LogP contribution in [0.25, 0.3) is 0 Å².